The topological polar surface area (TPSA) is 110 Å². The Morgan fingerprint density at radius 3 is 2.00 bits per heavy atom. The molecule has 6 heteroatoms. The van der Waals surface area contributed by atoms with E-state index in [9.17, 15) is 5.11 Å². The highest BCUT2D eigenvalue weighted by atomic mass is 16.5. The first-order chi connectivity index (χ1) is 6.65. The van der Waals surface area contributed by atoms with Gasteiger partial charge in [-0.3, -0.25) is 0 Å². The average Bonchev–Trinajstić information content (AvgIpc) is 2.22. The van der Waals surface area contributed by atoms with Gasteiger partial charge in [0.15, 0.2) is 0 Å². The molecule has 0 aliphatic heterocycles. The summed E-state index contributed by atoms with van der Waals surface area (Å²) in [5, 5.41) is 44.0. The van der Waals surface area contributed by atoms with Gasteiger partial charge in [0.1, 0.15) is 6.10 Å². The Kier molecular flexibility index (Phi) is 7.96. The van der Waals surface area contributed by atoms with Gasteiger partial charge in [-0.05, 0) is 0 Å². The van der Waals surface area contributed by atoms with E-state index in [1.807, 2.05) is 0 Å². The maximum atomic E-state index is 9.25. The summed E-state index contributed by atoms with van der Waals surface area (Å²) in [6.07, 6.45) is -3.01. The minimum absolute atomic E-state index is 0.0121. The molecular weight excluding hydrogens is 192 g/mol. The van der Waals surface area contributed by atoms with Crippen LogP contribution in [0.4, 0.5) is 0 Å². The number of rotatable bonds is 8. The molecule has 3 unspecified atom stereocenters. The van der Waals surface area contributed by atoms with Crippen molar-refractivity contribution in [3.63, 3.8) is 0 Å². The second-order valence-electron chi connectivity index (χ2n) is 2.95. The van der Waals surface area contributed by atoms with E-state index < -0.39 is 24.9 Å². The third-order valence-corrected chi connectivity index (χ3v) is 1.78. The molecule has 0 fully saturated rings. The van der Waals surface area contributed by atoms with E-state index in [2.05, 4.69) is 0 Å². The normalized spacial score (nSPS) is 17.8. The molecular formula is C8H18O6. The monoisotopic (exact) mass is 210 g/mol. The van der Waals surface area contributed by atoms with Crippen molar-refractivity contribution in [2.24, 2.45) is 0 Å². The molecule has 0 bridgehead atoms. The van der Waals surface area contributed by atoms with E-state index >= 15 is 0 Å². The van der Waals surface area contributed by atoms with E-state index in [4.69, 9.17) is 25.2 Å². The summed E-state index contributed by atoms with van der Waals surface area (Å²) >= 11 is 0. The lowest BCUT2D eigenvalue weighted by Crippen LogP contribution is -2.35. The molecule has 0 saturated heterocycles. The molecule has 0 rings (SSSR count). The van der Waals surface area contributed by atoms with E-state index in [0.29, 0.717) is 0 Å². The van der Waals surface area contributed by atoms with Gasteiger partial charge < -0.3 is 30.3 Å². The number of hydrogen-bond donors (Lipinski definition) is 5. The summed E-state index contributed by atoms with van der Waals surface area (Å²) in [7, 11) is 0. The summed E-state index contributed by atoms with van der Waals surface area (Å²) in [5.74, 6) is 0. The van der Waals surface area contributed by atoms with Crippen molar-refractivity contribution in [1.82, 2.24) is 0 Å². The van der Waals surface area contributed by atoms with Gasteiger partial charge >= 0.3 is 0 Å². The molecule has 14 heavy (non-hydrogen) atoms. The van der Waals surface area contributed by atoms with Gasteiger partial charge in [0.2, 0.25) is 0 Å². The lowest BCUT2D eigenvalue weighted by molar-refractivity contribution is -0.0676. The van der Waals surface area contributed by atoms with Gasteiger partial charge in [0.05, 0.1) is 38.6 Å². The molecule has 0 heterocycles. The molecule has 0 aliphatic rings. The van der Waals surface area contributed by atoms with E-state index in [1.54, 1.807) is 0 Å². The molecule has 5 N–H and O–H groups in total. The highest BCUT2D eigenvalue weighted by molar-refractivity contribution is 4.71. The first-order valence-corrected chi connectivity index (χ1v) is 4.46. The van der Waals surface area contributed by atoms with Crippen LogP contribution in [0.3, 0.4) is 0 Å². The SMILES string of the molecule is OCCOC(CO)CC(O)C(O)CO. The van der Waals surface area contributed by atoms with Gasteiger partial charge in [0.25, 0.3) is 0 Å². The van der Waals surface area contributed by atoms with Gasteiger partial charge in [-0.2, -0.15) is 0 Å². The standard InChI is InChI=1S/C8H18O6/c9-1-2-14-6(4-10)3-7(12)8(13)5-11/h6-13H,1-5H2. The molecule has 0 saturated carbocycles. The van der Waals surface area contributed by atoms with Crippen LogP contribution in [0.5, 0.6) is 0 Å². The number of aliphatic hydroxyl groups is 5. The van der Waals surface area contributed by atoms with Crippen molar-refractivity contribution < 1.29 is 30.3 Å². The van der Waals surface area contributed by atoms with Crippen LogP contribution in [-0.4, -0.2) is 70.3 Å². The summed E-state index contributed by atoms with van der Waals surface area (Å²) in [6, 6.07) is 0. The van der Waals surface area contributed by atoms with Crippen molar-refractivity contribution in [2.75, 3.05) is 26.4 Å². The van der Waals surface area contributed by atoms with Gasteiger partial charge in [-0.25, -0.2) is 0 Å². The maximum absolute atomic E-state index is 9.25. The Hall–Kier alpha value is -0.240. The molecule has 0 aromatic heterocycles. The van der Waals surface area contributed by atoms with Crippen molar-refractivity contribution in [1.29, 1.82) is 0 Å². The van der Waals surface area contributed by atoms with Crippen molar-refractivity contribution in [2.45, 2.75) is 24.7 Å². The van der Waals surface area contributed by atoms with Gasteiger partial charge in [-0.15, -0.1) is 0 Å². The Bertz CT molecular complexity index is 131. The molecule has 6 nitrogen and oxygen atoms in total. The number of aliphatic hydroxyl groups excluding tert-OH is 5. The smallest absolute Gasteiger partial charge is 0.103 e. The third-order valence-electron chi connectivity index (χ3n) is 1.78. The van der Waals surface area contributed by atoms with Crippen molar-refractivity contribution in [3.05, 3.63) is 0 Å². The zero-order chi connectivity index (χ0) is 11.0. The molecule has 0 radical (unpaired) electrons. The lowest BCUT2D eigenvalue weighted by atomic mass is 10.1. The van der Waals surface area contributed by atoms with Crippen molar-refractivity contribution >= 4 is 0 Å². The van der Waals surface area contributed by atoms with E-state index in [-0.39, 0.29) is 26.2 Å². The summed E-state index contributed by atoms with van der Waals surface area (Å²) < 4.78 is 4.95. The summed E-state index contributed by atoms with van der Waals surface area (Å²) in [4.78, 5) is 0. The molecule has 0 aliphatic carbocycles. The third kappa shape index (κ3) is 5.48. The molecule has 86 valence electrons. The van der Waals surface area contributed by atoms with E-state index in [0.717, 1.165) is 0 Å². The van der Waals surface area contributed by atoms with Crippen molar-refractivity contribution in [3.8, 4) is 0 Å². The van der Waals surface area contributed by atoms with Crippen LogP contribution in [0.25, 0.3) is 0 Å². The number of ether oxygens (including phenoxy) is 1. The Morgan fingerprint density at radius 1 is 0.929 bits per heavy atom. The molecule has 0 aromatic rings. The lowest BCUT2D eigenvalue weighted by Gasteiger charge is -2.21. The minimum atomic E-state index is -1.23. The second-order valence-corrected chi connectivity index (χ2v) is 2.95. The summed E-state index contributed by atoms with van der Waals surface area (Å²) in [5.41, 5.74) is 0. The summed E-state index contributed by atoms with van der Waals surface area (Å²) in [6.45, 7) is -0.961. The fourth-order valence-corrected chi connectivity index (χ4v) is 0.963. The first-order valence-electron chi connectivity index (χ1n) is 4.46. The van der Waals surface area contributed by atoms with Crippen LogP contribution in [0, 0.1) is 0 Å². The van der Waals surface area contributed by atoms with Crippen LogP contribution in [0.2, 0.25) is 0 Å². The van der Waals surface area contributed by atoms with Crippen LogP contribution in [0.1, 0.15) is 6.42 Å². The Labute approximate surface area is 82.4 Å². The quantitative estimate of drug-likeness (QED) is 0.302. The predicted octanol–water partition coefficient (Wildman–Crippen LogP) is -2.54. The molecule has 0 amide bonds. The fraction of sp³-hybridized carbons (Fsp3) is 1.00. The van der Waals surface area contributed by atoms with Crippen LogP contribution >= 0.6 is 0 Å². The molecule has 3 atom stereocenters. The van der Waals surface area contributed by atoms with Crippen LogP contribution < -0.4 is 0 Å². The first kappa shape index (κ1) is 13.8. The fourth-order valence-electron chi connectivity index (χ4n) is 0.963. The Balaban J connectivity index is 3.79. The molecule has 0 spiro atoms. The van der Waals surface area contributed by atoms with Crippen LogP contribution in [0.15, 0.2) is 0 Å². The molecule has 0 aromatic carbocycles. The zero-order valence-corrected chi connectivity index (χ0v) is 7.91. The highest BCUT2D eigenvalue weighted by Crippen LogP contribution is 2.06. The predicted molar refractivity (Wildman–Crippen MR) is 47.6 cm³/mol. The van der Waals surface area contributed by atoms with Crippen LogP contribution in [-0.2, 0) is 4.74 Å². The Morgan fingerprint density at radius 2 is 1.57 bits per heavy atom. The highest BCUT2D eigenvalue weighted by Gasteiger charge is 2.20. The van der Waals surface area contributed by atoms with E-state index in [1.165, 1.54) is 0 Å². The zero-order valence-electron chi connectivity index (χ0n) is 7.91. The minimum Gasteiger partial charge on any atom is -0.394 e. The number of hydrogen-bond acceptors (Lipinski definition) is 6. The van der Waals surface area contributed by atoms with Gasteiger partial charge in [-0.1, -0.05) is 0 Å². The second kappa shape index (κ2) is 8.10. The van der Waals surface area contributed by atoms with Gasteiger partial charge in [0, 0.05) is 6.42 Å². The largest absolute Gasteiger partial charge is 0.394 e. The maximum Gasteiger partial charge on any atom is 0.103 e. The average molecular weight is 210 g/mol.